The molecular weight excluding hydrogens is 593 g/mol. The zero-order valence-electron chi connectivity index (χ0n) is 24.8. The van der Waals surface area contributed by atoms with Gasteiger partial charge in [0.2, 0.25) is 0 Å². The second-order valence-corrected chi connectivity index (χ2v) is 11.1. The molecule has 1 atom stereocenters. The summed E-state index contributed by atoms with van der Waals surface area (Å²) < 4.78 is 22.6. The molecule has 0 heterocycles. The quantitative estimate of drug-likeness (QED) is 0.151. The van der Waals surface area contributed by atoms with E-state index in [9.17, 15) is 14.7 Å². The molecule has 0 aliphatic heterocycles. The van der Waals surface area contributed by atoms with Gasteiger partial charge < -0.3 is 29.0 Å². The molecule has 0 spiro atoms. The van der Waals surface area contributed by atoms with E-state index in [-0.39, 0.29) is 13.0 Å². The smallest absolute Gasteiger partial charge is 0.415 e. The number of carboxylic acids is 1. The van der Waals surface area contributed by atoms with Crippen LogP contribution in [-0.2, 0) is 16.0 Å². The van der Waals surface area contributed by atoms with Crippen LogP contribution in [0.5, 0.6) is 17.2 Å². The van der Waals surface area contributed by atoms with Crippen LogP contribution in [-0.4, -0.2) is 61.1 Å². The number of aliphatic carboxylic acids is 1. The Bertz CT molecular complexity index is 1280. The number of amides is 1. The molecule has 1 N–H and O–H groups in total. The van der Waals surface area contributed by atoms with Gasteiger partial charge in [0.05, 0.1) is 13.2 Å². The fourth-order valence-electron chi connectivity index (χ4n) is 4.22. The normalized spacial score (nSPS) is 11.7. The van der Waals surface area contributed by atoms with Crippen molar-refractivity contribution in [3.8, 4) is 17.2 Å². The Morgan fingerprint density at radius 2 is 1.44 bits per heavy atom. The average molecular weight is 633 g/mol. The second-order valence-electron chi connectivity index (χ2n) is 10.2. The molecule has 3 aromatic carbocycles. The van der Waals surface area contributed by atoms with Crippen molar-refractivity contribution >= 4 is 35.3 Å². The van der Waals surface area contributed by atoms with Crippen molar-refractivity contribution in [2.45, 2.75) is 52.1 Å². The third kappa shape index (κ3) is 12.0. The van der Waals surface area contributed by atoms with E-state index < -0.39 is 18.2 Å². The molecule has 1 unspecified atom stereocenters. The first kappa shape index (κ1) is 34.0. The predicted molar refractivity (Wildman–Crippen MR) is 168 cm³/mol. The molecule has 3 aromatic rings. The highest BCUT2D eigenvalue weighted by molar-refractivity contribution is 6.34. The van der Waals surface area contributed by atoms with Crippen molar-refractivity contribution in [2.75, 3.05) is 32.9 Å². The molecule has 0 aliphatic rings. The Kier molecular flexibility index (Phi) is 13.9. The lowest BCUT2D eigenvalue weighted by molar-refractivity contribution is -0.149. The minimum atomic E-state index is -0.995. The van der Waals surface area contributed by atoms with Crippen molar-refractivity contribution in [1.29, 1.82) is 0 Å². The maximum Gasteiger partial charge on any atom is 0.415 e. The molecule has 8 nitrogen and oxygen atoms in total. The zero-order chi connectivity index (χ0) is 31.2. The Balaban J connectivity index is 1.55. The van der Waals surface area contributed by atoms with Crippen LogP contribution in [0, 0.1) is 0 Å². The van der Waals surface area contributed by atoms with E-state index in [1.54, 1.807) is 54.3 Å². The molecule has 10 heteroatoms. The fourth-order valence-corrected chi connectivity index (χ4v) is 4.72. The monoisotopic (exact) mass is 631 g/mol. The maximum atomic E-state index is 13.1. The number of hydrogen-bond acceptors (Lipinski definition) is 6. The fraction of sp³-hybridized carbons (Fsp3) is 0.394. The van der Waals surface area contributed by atoms with Gasteiger partial charge in [0.1, 0.15) is 23.9 Å². The summed E-state index contributed by atoms with van der Waals surface area (Å²) in [6.45, 7) is 7.73. The number of carbonyl (C=O) groups is 2. The number of halogens is 2. The van der Waals surface area contributed by atoms with Crippen molar-refractivity contribution in [3.05, 3.63) is 87.9 Å². The van der Waals surface area contributed by atoms with Gasteiger partial charge in [0, 0.05) is 29.6 Å². The van der Waals surface area contributed by atoms with Crippen LogP contribution in [0.3, 0.4) is 0 Å². The first-order valence-corrected chi connectivity index (χ1v) is 15.1. The highest BCUT2D eigenvalue weighted by Gasteiger charge is 2.19. The SMILES string of the molecule is CCOC(Cc1ccc(OCCN(CCCCOc2cc(Cl)cc(Cl)c2)C(=O)Oc2ccc(C(C)C)cc2)cc1)C(=O)O. The summed E-state index contributed by atoms with van der Waals surface area (Å²) in [5.74, 6) is 1.06. The van der Waals surface area contributed by atoms with Crippen LogP contribution in [0.1, 0.15) is 50.7 Å². The largest absolute Gasteiger partial charge is 0.493 e. The van der Waals surface area contributed by atoms with Gasteiger partial charge in [0.25, 0.3) is 0 Å². The van der Waals surface area contributed by atoms with Crippen LogP contribution in [0.2, 0.25) is 10.0 Å². The zero-order valence-corrected chi connectivity index (χ0v) is 26.3. The number of benzene rings is 3. The van der Waals surface area contributed by atoms with Gasteiger partial charge in [-0.25, -0.2) is 9.59 Å². The Morgan fingerprint density at radius 3 is 2.05 bits per heavy atom. The first-order valence-electron chi connectivity index (χ1n) is 14.4. The van der Waals surface area contributed by atoms with Gasteiger partial charge in [-0.05, 0) is 79.3 Å². The number of carboxylic acid groups (broad SMARTS) is 1. The molecule has 1 amide bonds. The number of rotatable bonds is 17. The molecule has 0 aliphatic carbocycles. The summed E-state index contributed by atoms with van der Waals surface area (Å²) in [5.41, 5.74) is 1.98. The lowest BCUT2D eigenvalue weighted by Crippen LogP contribution is -2.37. The first-order chi connectivity index (χ1) is 20.6. The molecular formula is C33H39Cl2NO7. The molecule has 0 saturated carbocycles. The summed E-state index contributed by atoms with van der Waals surface area (Å²) >= 11 is 12.1. The van der Waals surface area contributed by atoms with E-state index >= 15 is 0 Å². The highest BCUT2D eigenvalue weighted by atomic mass is 35.5. The number of nitrogens with zero attached hydrogens (tertiary/aromatic N) is 1. The van der Waals surface area contributed by atoms with E-state index in [1.165, 1.54) is 0 Å². The Hall–Kier alpha value is -3.46. The topological polar surface area (TPSA) is 94.5 Å². The maximum absolute atomic E-state index is 13.1. The van der Waals surface area contributed by atoms with Crippen molar-refractivity contribution in [3.63, 3.8) is 0 Å². The van der Waals surface area contributed by atoms with Gasteiger partial charge >= 0.3 is 12.1 Å². The van der Waals surface area contributed by atoms with Gasteiger partial charge in [-0.3, -0.25) is 0 Å². The third-order valence-electron chi connectivity index (χ3n) is 6.55. The lowest BCUT2D eigenvalue weighted by atomic mass is 10.0. The molecule has 0 bridgehead atoms. The van der Waals surface area contributed by atoms with Crippen molar-refractivity contribution in [2.24, 2.45) is 0 Å². The van der Waals surface area contributed by atoms with E-state index in [0.717, 1.165) is 11.1 Å². The van der Waals surface area contributed by atoms with Crippen molar-refractivity contribution < 1.29 is 33.6 Å². The summed E-state index contributed by atoms with van der Waals surface area (Å²) in [7, 11) is 0. The summed E-state index contributed by atoms with van der Waals surface area (Å²) in [4.78, 5) is 26.1. The Morgan fingerprint density at radius 1 is 0.814 bits per heavy atom. The highest BCUT2D eigenvalue weighted by Crippen LogP contribution is 2.24. The van der Waals surface area contributed by atoms with Gasteiger partial charge in [-0.1, -0.05) is 61.3 Å². The van der Waals surface area contributed by atoms with Crippen LogP contribution in [0.15, 0.2) is 66.7 Å². The van der Waals surface area contributed by atoms with Crippen LogP contribution in [0.4, 0.5) is 4.79 Å². The van der Waals surface area contributed by atoms with Gasteiger partial charge in [0.15, 0.2) is 6.10 Å². The summed E-state index contributed by atoms with van der Waals surface area (Å²) in [6.07, 6.45) is 0.267. The van der Waals surface area contributed by atoms with Crippen LogP contribution < -0.4 is 14.2 Å². The van der Waals surface area contributed by atoms with Crippen molar-refractivity contribution in [1.82, 2.24) is 4.90 Å². The number of carbonyl (C=O) groups excluding carboxylic acids is 1. The average Bonchev–Trinajstić information content (AvgIpc) is 2.96. The minimum absolute atomic E-state index is 0.245. The van der Waals surface area contributed by atoms with E-state index in [2.05, 4.69) is 13.8 Å². The molecule has 0 radical (unpaired) electrons. The standard InChI is InChI=1S/C33H39Cl2NO7/c1-4-40-31(32(37)38)19-24-7-11-28(12-8-24)42-18-16-36(33(39)43-29-13-9-25(10-14-29)23(2)3)15-5-6-17-41-30-21-26(34)20-27(35)22-30/h7-14,20-23,31H,4-6,15-19H2,1-3H3,(H,37,38). The molecule has 43 heavy (non-hydrogen) atoms. The summed E-state index contributed by atoms with van der Waals surface area (Å²) in [6, 6.07) is 19.7. The van der Waals surface area contributed by atoms with E-state index in [1.807, 2.05) is 24.3 Å². The minimum Gasteiger partial charge on any atom is -0.493 e. The number of hydrogen-bond donors (Lipinski definition) is 1. The van der Waals surface area contributed by atoms with Gasteiger partial charge in [-0.15, -0.1) is 0 Å². The lowest BCUT2D eigenvalue weighted by Gasteiger charge is -2.22. The van der Waals surface area contributed by atoms with E-state index in [4.69, 9.17) is 42.1 Å². The predicted octanol–water partition coefficient (Wildman–Crippen LogP) is 7.89. The van der Waals surface area contributed by atoms with E-state index in [0.29, 0.717) is 72.4 Å². The van der Waals surface area contributed by atoms with Crippen LogP contribution >= 0.6 is 23.2 Å². The van der Waals surface area contributed by atoms with Gasteiger partial charge in [-0.2, -0.15) is 0 Å². The molecule has 0 aromatic heterocycles. The molecule has 232 valence electrons. The third-order valence-corrected chi connectivity index (χ3v) is 6.99. The molecule has 3 rings (SSSR count). The molecule has 0 saturated heterocycles. The second kappa shape index (κ2) is 17.6. The van der Waals surface area contributed by atoms with Crippen LogP contribution in [0.25, 0.3) is 0 Å². The summed E-state index contributed by atoms with van der Waals surface area (Å²) in [5, 5.41) is 10.3. The number of ether oxygens (including phenoxy) is 4. The molecule has 0 fully saturated rings. The Labute approximate surface area is 263 Å². The number of unbranched alkanes of at least 4 members (excludes halogenated alkanes) is 1.